The predicted molar refractivity (Wildman–Crippen MR) is 84.2 cm³/mol. The van der Waals surface area contributed by atoms with Crippen LogP contribution in [-0.4, -0.2) is 14.5 Å². The molecule has 3 heterocycles. The van der Waals surface area contributed by atoms with Gasteiger partial charge < -0.3 is 14.7 Å². The number of nitrogen functional groups attached to an aromatic ring is 1. The average molecular weight is 296 g/mol. The van der Waals surface area contributed by atoms with Crippen molar-refractivity contribution in [3.05, 3.63) is 53.5 Å². The zero-order chi connectivity index (χ0) is 15.7. The first-order valence-corrected chi connectivity index (χ1v) is 6.94. The van der Waals surface area contributed by atoms with Crippen LogP contribution < -0.4 is 11.3 Å². The SMILES string of the molecule is CC(C)n1cc(-c2ncc(N)nc2-c2ccoc2)ccc1=O. The molecule has 6 heteroatoms. The molecule has 3 rings (SSSR count). The number of anilines is 1. The number of aromatic nitrogens is 3. The fraction of sp³-hybridized carbons (Fsp3) is 0.188. The Bertz CT molecular complexity index is 851. The van der Waals surface area contributed by atoms with E-state index < -0.39 is 0 Å². The molecule has 0 aromatic carbocycles. The molecule has 0 amide bonds. The Morgan fingerprint density at radius 1 is 1.18 bits per heavy atom. The van der Waals surface area contributed by atoms with E-state index in [2.05, 4.69) is 9.97 Å². The first-order valence-electron chi connectivity index (χ1n) is 6.94. The van der Waals surface area contributed by atoms with Crippen molar-refractivity contribution in [3.63, 3.8) is 0 Å². The topological polar surface area (TPSA) is 86.9 Å². The van der Waals surface area contributed by atoms with Gasteiger partial charge in [-0.2, -0.15) is 0 Å². The standard InChI is InChI=1S/C16H16N4O2/c1-10(2)20-8-11(3-4-14(20)21)15-16(12-5-6-22-9-12)19-13(17)7-18-15/h3-10H,1-2H3,(H2,17,19). The minimum absolute atomic E-state index is 0.0491. The van der Waals surface area contributed by atoms with Gasteiger partial charge in [-0.15, -0.1) is 0 Å². The monoisotopic (exact) mass is 296 g/mol. The smallest absolute Gasteiger partial charge is 0.250 e. The van der Waals surface area contributed by atoms with Gasteiger partial charge in [0.2, 0.25) is 0 Å². The number of rotatable bonds is 3. The fourth-order valence-electron chi connectivity index (χ4n) is 2.26. The Morgan fingerprint density at radius 2 is 2.00 bits per heavy atom. The molecule has 0 fully saturated rings. The van der Waals surface area contributed by atoms with Crippen molar-refractivity contribution < 1.29 is 4.42 Å². The summed E-state index contributed by atoms with van der Waals surface area (Å²) in [6.07, 6.45) is 6.45. The summed E-state index contributed by atoms with van der Waals surface area (Å²) in [4.78, 5) is 20.7. The van der Waals surface area contributed by atoms with Gasteiger partial charge in [-0.25, -0.2) is 4.98 Å². The van der Waals surface area contributed by atoms with Gasteiger partial charge in [0.05, 0.1) is 24.4 Å². The van der Waals surface area contributed by atoms with Gasteiger partial charge in [-0.3, -0.25) is 9.78 Å². The molecular weight excluding hydrogens is 280 g/mol. The highest BCUT2D eigenvalue weighted by atomic mass is 16.3. The molecule has 0 saturated carbocycles. The summed E-state index contributed by atoms with van der Waals surface area (Å²) in [5.41, 5.74) is 8.58. The average Bonchev–Trinajstić information content (AvgIpc) is 3.02. The molecule has 0 spiro atoms. The van der Waals surface area contributed by atoms with E-state index in [1.807, 2.05) is 13.8 Å². The number of nitrogens with two attached hydrogens (primary N) is 1. The third-order valence-electron chi connectivity index (χ3n) is 3.35. The van der Waals surface area contributed by atoms with Crippen LogP contribution in [0.2, 0.25) is 0 Å². The van der Waals surface area contributed by atoms with Crippen LogP contribution >= 0.6 is 0 Å². The van der Waals surface area contributed by atoms with Crippen LogP contribution in [0.5, 0.6) is 0 Å². The van der Waals surface area contributed by atoms with Crippen LogP contribution in [0.3, 0.4) is 0 Å². The summed E-state index contributed by atoms with van der Waals surface area (Å²) >= 11 is 0. The van der Waals surface area contributed by atoms with Crippen molar-refractivity contribution in [2.24, 2.45) is 0 Å². The van der Waals surface area contributed by atoms with Gasteiger partial charge in [-0.1, -0.05) is 0 Å². The number of furan rings is 1. The third kappa shape index (κ3) is 2.50. The lowest BCUT2D eigenvalue weighted by molar-refractivity contribution is 0.568. The maximum Gasteiger partial charge on any atom is 0.250 e. The zero-order valence-corrected chi connectivity index (χ0v) is 12.4. The summed E-state index contributed by atoms with van der Waals surface area (Å²) in [6, 6.07) is 5.13. The van der Waals surface area contributed by atoms with Crippen molar-refractivity contribution >= 4 is 5.82 Å². The molecule has 0 atom stereocenters. The predicted octanol–water partition coefficient (Wildman–Crippen LogP) is 2.73. The van der Waals surface area contributed by atoms with E-state index in [1.165, 1.54) is 12.3 Å². The van der Waals surface area contributed by atoms with Gasteiger partial charge in [0.25, 0.3) is 5.56 Å². The zero-order valence-electron chi connectivity index (χ0n) is 12.4. The van der Waals surface area contributed by atoms with Gasteiger partial charge in [0.1, 0.15) is 11.5 Å². The molecule has 22 heavy (non-hydrogen) atoms. The van der Waals surface area contributed by atoms with Crippen LogP contribution in [0.4, 0.5) is 5.82 Å². The van der Waals surface area contributed by atoms with E-state index in [1.54, 1.807) is 35.4 Å². The molecule has 2 N–H and O–H groups in total. The third-order valence-corrected chi connectivity index (χ3v) is 3.35. The van der Waals surface area contributed by atoms with E-state index in [0.717, 1.165) is 11.1 Å². The highest BCUT2D eigenvalue weighted by Gasteiger charge is 2.14. The minimum Gasteiger partial charge on any atom is -0.472 e. The number of pyridine rings is 1. The van der Waals surface area contributed by atoms with E-state index in [4.69, 9.17) is 10.2 Å². The minimum atomic E-state index is -0.0491. The van der Waals surface area contributed by atoms with E-state index in [9.17, 15) is 4.79 Å². The normalized spacial score (nSPS) is 11.0. The van der Waals surface area contributed by atoms with Crippen LogP contribution in [0.1, 0.15) is 19.9 Å². The second kappa shape index (κ2) is 5.48. The Kier molecular flexibility index (Phi) is 3.50. The molecule has 6 nitrogen and oxygen atoms in total. The molecule has 0 aliphatic heterocycles. The van der Waals surface area contributed by atoms with Crippen LogP contribution in [-0.2, 0) is 0 Å². The molecule has 112 valence electrons. The van der Waals surface area contributed by atoms with Gasteiger partial charge in [-0.05, 0) is 26.0 Å². The fourth-order valence-corrected chi connectivity index (χ4v) is 2.26. The van der Waals surface area contributed by atoms with Gasteiger partial charge in [0, 0.05) is 29.4 Å². The van der Waals surface area contributed by atoms with E-state index in [-0.39, 0.29) is 11.6 Å². The summed E-state index contributed by atoms with van der Waals surface area (Å²) in [5, 5.41) is 0. The first kappa shape index (κ1) is 14.1. The van der Waals surface area contributed by atoms with Crippen LogP contribution in [0.25, 0.3) is 22.5 Å². The summed E-state index contributed by atoms with van der Waals surface area (Å²) < 4.78 is 6.78. The summed E-state index contributed by atoms with van der Waals surface area (Å²) in [6.45, 7) is 3.91. The largest absolute Gasteiger partial charge is 0.472 e. The molecule has 0 saturated heterocycles. The number of hydrogen-bond donors (Lipinski definition) is 1. The quantitative estimate of drug-likeness (QED) is 0.803. The summed E-state index contributed by atoms with van der Waals surface area (Å²) in [7, 11) is 0. The highest BCUT2D eigenvalue weighted by Crippen LogP contribution is 2.29. The Labute approximate surface area is 127 Å². The van der Waals surface area contributed by atoms with Crippen LogP contribution in [0, 0.1) is 0 Å². The molecule has 0 aliphatic carbocycles. The molecule has 0 aliphatic rings. The number of hydrogen-bond acceptors (Lipinski definition) is 5. The molecule has 0 bridgehead atoms. The Morgan fingerprint density at radius 3 is 2.68 bits per heavy atom. The maximum absolute atomic E-state index is 11.9. The first-order chi connectivity index (χ1) is 10.6. The van der Waals surface area contributed by atoms with Crippen molar-refractivity contribution in [3.8, 4) is 22.5 Å². The van der Waals surface area contributed by atoms with E-state index in [0.29, 0.717) is 17.2 Å². The van der Waals surface area contributed by atoms with E-state index >= 15 is 0 Å². The van der Waals surface area contributed by atoms with Crippen molar-refractivity contribution in [2.45, 2.75) is 19.9 Å². The molecular formula is C16H16N4O2. The maximum atomic E-state index is 11.9. The lowest BCUT2D eigenvalue weighted by atomic mass is 10.1. The van der Waals surface area contributed by atoms with Gasteiger partial charge >= 0.3 is 0 Å². The Hall–Kier alpha value is -2.89. The van der Waals surface area contributed by atoms with Gasteiger partial charge in [0.15, 0.2) is 0 Å². The summed E-state index contributed by atoms with van der Waals surface area (Å²) in [5.74, 6) is 0.331. The Balaban J connectivity index is 2.21. The second-order valence-electron chi connectivity index (χ2n) is 5.26. The van der Waals surface area contributed by atoms with Crippen LogP contribution in [0.15, 0.2) is 52.3 Å². The molecule has 3 aromatic rings. The molecule has 0 unspecified atom stereocenters. The van der Waals surface area contributed by atoms with Crippen molar-refractivity contribution in [1.29, 1.82) is 0 Å². The highest BCUT2D eigenvalue weighted by molar-refractivity contribution is 5.77. The second-order valence-corrected chi connectivity index (χ2v) is 5.26. The molecule has 0 radical (unpaired) electrons. The van der Waals surface area contributed by atoms with Crippen molar-refractivity contribution in [2.75, 3.05) is 5.73 Å². The lowest BCUT2D eigenvalue weighted by Gasteiger charge is -2.12. The van der Waals surface area contributed by atoms with Crippen molar-refractivity contribution in [1.82, 2.24) is 14.5 Å². The lowest BCUT2D eigenvalue weighted by Crippen LogP contribution is -2.20. The number of nitrogens with zero attached hydrogens (tertiary/aromatic N) is 3. The molecule has 3 aromatic heterocycles.